The molecular formula is C74H48N2O. The molecule has 3 nitrogen and oxygen atoms in total. The van der Waals surface area contributed by atoms with Crippen LogP contribution < -0.4 is 9.80 Å². The van der Waals surface area contributed by atoms with E-state index in [1.165, 1.54) is 78.1 Å². The van der Waals surface area contributed by atoms with Gasteiger partial charge in [-0.15, -0.1) is 0 Å². The van der Waals surface area contributed by atoms with Gasteiger partial charge in [0.2, 0.25) is 0 Å². The molecule has 77 heavy (non-hydrogen) atoms. The van der Waals surface area contributed by atoms with Crippen LogP contribution in [-0.2, 0) is 10.8 Å². The first-order valence-corrected chi connectivity index (χ1v) is 26.7. The van der Waals surface area contributed by atoms with E-state index in [1.807, 2.05) is 6.07 Å². The van der Waals surface area contributed by atoms with Crippen molar-refractivity contribution in [3.8, 4) is 33.4 Å². The van der Waals surface area contributed by atoms with Crippen molar-refractivity contribution in [2.75, 3.05) is 9.80 Å². The molecule has 1 spiro atoms. The van der Waals surface area contributed by atoms with E-state index in [9.17, 15) is 0 Å². The van der Waals surface area contributed by atoms with Gasteiger partial charge in [0, 0.05) is 39.1 Å². The predicted molar refractivity (Wildman–Crippen MR) is 317 cm³/mol. The van der Waals surface area contributed by atoms with Crippen molar-refractivity contribution in [1.82, 2.24) is 0 Å². The van der Waals surface area contributed by atoms with Gasteiger partial charge in [-0.1, -0.05) is 224 Å². The Morgan fingerprint density at radius 2 is 0.740 bits per heavy atom. The molecule has 0 radical (unpaired) electrons. The SMILES string of the molecule is c1ccc(N2c3ccccc3C3(c4ccccc4-c4ccc(N(c5ccc(-c6cccc7c6oc6ccccc67)cc5)c5ccc6c(c5)C(c5ccccc5)(c5ccccc5)c5ccccc5-6)cc43)c3ccccc32)cc1. The van der Waals surface area contributed by atoms with E-state index in [0.29, 0.717) is 0 Å². The maximum Gasteiger partial charge on any atom is 0.143 e. The van der Waals surface area contributed by atoms with Crippen LogP contribution in [0.3, 0.4) is 0 Å². The van der Waals surface area contributed by atoms with Crippen molar-refractivity contribution in [2.45, 2.75) is 10.8 Å². The number of fused-ring (bicyclic) bond motifs is 15. The summed E-state index contributed by atoms with van der Waals surface area (Å²) in [5.41, 5.74) is 24.5. The van der Waals surface area contributed by atoms with Gasteiger partial charge >= 0.3 is 0 Å². The molecule has 0 amide bonds. The second-order valence-electron chi connectivity index (χ2n) is 20.7. The van der Waals surface area contributed by atoms with Gasteiger partial charge in [0.15, 0.2) is 0 Å². The Hall–Kier alpha value is -9.96. The summed E-state index contributed by atoms with van der Waals surface area (Å²) >= 11 is 0. The monoisotopic (exact) mass is 980 g/mol. The minimum atomic E-state index is -0.628. The highest BCUT2D eigenvalue weighted by Gasteiger charge is 2.52. The molecule has 0 unspecified atom stereocenters. The molecule has 0 N–H and O–H groups in total. The average molecular weight is 981 g/mol. The van der Waals surface area contributed by atoms with Gasteiger partial charge in [0.05, 0.1) is 22.2 Å². The number of furan rings is 1. The smallest absolute Gasteiger partial charge is 0.143 e. The van der Waals surface area contributed by atoms with Gasteiger partial charge in [-0.05, 0) is 139 Å². The molecule has 1 aliphatic heterocycles. The molecular weight excluding hydrogens is 933 g/mol. The van der Waals surface area contributed by atoms with Crippen LogP contribution in [0.4, 0.5) is 34.1 Å². The zero-order chi connectivity index (χ0) is 50.7. The first-order chi connectivity index (χ1) is 38.2. The standard InChI is InChI=1S/C74H48N2O/c1-4-21-50(22-5-1)73(51-23-6-2-7-24-51)63-32-13-10-27-57(63)59-45-43-54(47-67(59)73)75(53-41-39-49(40-42-53)56-30-20-31-62-61-29-12-19-38-71(61)77-72(56)62)55-44-46-60-58-28-11-14-33-64(58)74(68(60)48-55)65-34-15-17-36-69(65)76(52-25-8-3-9-26-52)70-37-18-16-35-66(70)74/h1-48H. The zero-order valence-electron chi connectivity index (χ0n) is 42.0. The summed E-state index contributed by atoms with van der Waals surface area (Å²) in [4.78, 5) is 4.94. The second-order valence-corrected chi connectivity index (χ2v) is 20.7. The Morgan fingerprint density at radius 1 is 0.299 bits per heavy atom. The molecule has 360 valence electrons. The van der Waals surface area contributed by atoms with Crippen LogP contribution >= 0.6 is 0 Å². The summed E-state index contributed by atoms with van der Waals surface area (Å²) in [5, 5.41) is 2.24. The zero-order valence-corrected chi connectivity index (χ0v) is 42.0. The first-order valence-electron chi connectivity index (χ1n) is 26.7. The molecule has 0 saturated heterocycles. The number of rotatable bonds is 7. The minimum absolute atomic E-state index is 0.574. The number of hydrogen-bond donors (Lipinski definition) is 0. The fraction of sp³-hybridized carbons (Fsp3) is 0.0270. The van der Waals surface area contributed by atoms with E-state index >= 15 is 0 Å². The Labute approximate surface area is 447 Å². The summed E-state index contributed by atoms with van der Waals surface area (Å²) < 4.78 is 6.61. The van der Waals surface area contributed by atoms with E-state index < -0.39 is 10.8 Å². The molecule has 0 fully saturated rings. The van der Waals surface area contributed by atoms with Crippen LogP contribution in [0.2, 0.25) is 0 Å². The van der Waals surface area contributed by atoms with Gasteiger partial charge in [0.25, 0.3) is 0 Å². The van der Waals surface area contributed by atoms with E-state index in [1.54, 1.807) is 0 Å². The quantitative estimate of drug-likeness (QED) is 0.159. The molecule has 3 heteroatoms. The Balaban J connectivity index is 0.950. The Morgan fingerprint density at radius 3 is 1.35 bits per heavy atom. The van der Waals surface area contributed by atoms with Crippen molar-refractivity contribution in [3.05, 3.63) is 336 Å². The van der Waals surface area contributed by atoms with Gasteiger partial charge in [0.1, 0.15) is 11.2 Å². The lowest BCUT2D eigenvalue weighted by Crippen LogP contribution is -2.36. The Bertz CT molecular complexity index is 4370. The van der Waals surface area contributed by atoms with E-state index in [-0.39, 0.29) is 0 Å². The summed E-state index contributed by atoms with van der Waals surface area (Å²) in [6, 6.07) is 108. The maximum absolute atomic E-state index is 6.61. The molecule has 3 aliphatic rings. The third kappa shape index (κ3) is 6.08. The molecule has 1 aromatic heterocycles. The van der Waals surface area contributed by atoms with E-state index in [0.717, 1.165) is 55.8 Å². The maximum atomic E-state index is 6.61. The lowest BCUT2D eigenvalue weighted by atomic mass is 9.64. The highest BCUT2D eigenvalue weighted by atomic mass is 16.3. The number of hydrogen-bond acceptors (Lipinski definition) is 3. The highest BCUT2D eigenvalue weighted by molar-refractivity contribution is 6.09. The van der Waals surface area contributed by atoms with Crippen LogP contribution in [-0.4, -0.2) is 0 Å². The van der Waals surface area contributed by atoms with E-state index in [4.69, 9.17) is 4.42 Å². The second kappa shape index (κ2) is 16.8. The van der Waals surface area contributed by atoms with Crippen molar-refractivity contribution >= 4 is 56.1 Å². The van der Waals surface area contributed by atoms with Crippen LogP contribution in [0, 0.1) is 0 Å². The summed E-state index contributed by atoms with van der Waals surface area (Å²) in [7, 11) is 0. The molecule has 2 heterocycles. The third-order valence-electron chi connectivity index (χ3n) is 16.9. The molecule has 13 aromatic rings. The Kier molecular flexibility index (Phi) is 9.47. The van der Waals surface area contributed by atoms with Crippen molar-refractivity contribution in [1.29, 1.82) is 0 Å². The lowest BCUT2D eigenvalue weighted by molar-refractivity contribution is 0.670. The molecule has 0 bridgehead atoms. The van der Waals surface area contributed by atoms with Crippen molar-refractivity contribution in [2.24, 2.45) is 0 Å². The van der Waals surface area contributed by atoms with Crippen LogP contribution in [0.15, 0.2) is 296 Å². The summed E-state index contributed by atoms with van der Waals surface area (Å²) in [6.07, 6.45) is 0. The number of para-hydroxylation sites is 5. The third-order valence-corrected chi connectivity index (χ3v) is 16.9. The van der Waals surface area contributed by atoms with Crippen LogP contribution in [0.5, 0.6) is 0 Å². The van der Waals surface area contributed by atoms with Gasteiger partial charge in [-0.25, -0.2) is 0 Å². The van der Waals surface area contributed by atoms with Gasteiger partial charge in [-0.3, -0.25) is 0 Å². The lowest BCUT2D eigenvalue weighted by Gasteiger charge is -2.45. The fourth-order valence-electron chi connectivity index (χ4n) is 13.9. The topological polar surface area (TPSA) is 19.6 Å². The summed E-state index contributed by atoms with van der Waals surface area (Å²) in [6.45, 7) is 0. The highest BCUT2D eigenvalue weighted by Crippen LogP contribution is 2.64. The molecule has 2 aliphatic carbocycles. The molecule has 12 aromatic carbocycles. The normalized spacial score (nSPS) is 13.9. The minimum Gasteiger partial charge on any atom is -0.455 e. The van der Waals surface area contributed by atoms with Crippen LogP contribution in [0.25, 0.3) is 55.3 Å². The fourth-order valence-corrected chi connectivity index (χ4v) is 13.9. The number of nitrogens with zero attached hydrogens (tertiary/aromatic N) is 2. The number of benzene rings is 12. The average Bonchev–Trinajstić information content (AvgIpc) is 4.20. The van der Waals surface area contributed by atoms with Crippen molar-refractivity contribution in [3.63, 3.8) is 0 Å². The van der Waals surface area contributed by atoms with Gasteiger partial charge in [-0.2, -0.15) is 0 Å². The predicted octanol–water partition coefficient (Wildman–Crippen LogP) is 19.2. The molecule has 0 saturated carbocycles. The number of anilines is 6. The largest absolute Gasteiger partial charge is 0.455 e. The molecule has 16 rings (SSSR count). The van der Waals surface area contributed by atoms with E-state index in [2.05, 4.69) is 295 Å². The first kappa shape index (κ1) is 43.4. The van der Waals surface area contributed by atoms with Crippen LogP contribution in [0.1, 0.15) is 44.5 Å². The molecule has 0 atom stereocenters. The summed E-state index contributed by atoms with van der Waals surface area (Å²) in [5.74, 6) is 0. The van der Waals surface area contributed by atoms with Gasteiger partial charge < -0.3 is 14.2 Å². The van der Waals surface area contributed by atoms with Crippen molar-refractivity contribution < 1.29 is 4.42 Å².